The van der Waals surface area contributed by atoms with Crippen molar-refractivity contribution in [3.05, 3.63) is 0 Å². The zero-order valence-corrected chi connectivity index (χ0v) is 13.0. The zero-order valence-electron chi connectivity index (χ0n) is 13.0. The minimum absolute atomic E-state index is 0.0560. The first-order valence-corrected chi connectivity index (χ1v) is 8.58. The lowest BCUT2D eigenvalue weighted by Crippen LogP contribution is -2.34. The summed E-state index contributed by atoms with van der Waals surface area (Å²) >= 11 is 0. The number of rotatable bonds is 5. The maximum absolute atomic E-state index is 12.6. The third-order valence-electron chi connectivity index (χ3n) is 5.80. The monoisotopic (exact) mass is 293 g/mol. The van der Waals surface area contributed by atoms with Crippen molar-refractivity contribution in [1.82, 2.24) is 4.90 Å². The minimum atomic E-state index is -0.717. The van der Waals surface area contributed by atoms with Gasteiger partial charge in [0.2, 0.25) is 5.91 Å². The summed E-state index contributed by atoms with van der Waals surface area (Å²) in [7, 11) is 0. The normalized spacial score (nSPS) is 31.6. The molecule has 3 atom stereocenters. The standard InChI is InChI=1S/C17H27NO3/c1-11(8-12-4-2-3-5-12)16(19)18-9-14(13-6-7-13)15(10-18)17(20)21/h11-15H,2-10H2,1H3,(H,20,21)/t11?,14-,15+/m1/s1. The van der Waals surface area contributed by atoms with E-state index in [1.165, 1.54) is 25.7 Å². The van der Waals surface area contributed by atoms with E-state index in [2.05, 4.69) is 0 Å². The van der Waals surface area contributed by atoms with Gasteiger partial charge in [0, 0.05) is 19.0 Å². The van der Waals surface area contributed by atoms with Crippen molar-refractivity contribution >= 4 is 11.9 Å². The number of carbonyl (C=O) groups excluding carboxylic acids is 1. The van der Waals surface area contributed by atoms with E-state index in [9.17, 15) is 14.7 Å². The van der Waals surface area contributed by atoms with Gasteiger partial charge in [-0.25, -0.2) is 0 Å². The number of likely N-dealkylation sites (tertiary alicyclic amines) is 1. The Balaban J connectivity index is 1.57. The number of hydrogen-bond acceptors (Lipinski definition) is 2. The van der Waals surface area contributed by atoms with Crippen LogP contribution in [0.2, 0.25) is 0 Å². The van der Waals surface area contributed by atoms with Crippen LogP contribution in [0.5, 0.6) is 0 Å². The SMILES string of the molecule is CC(CC1CCCC1)C(=O)N1C[C@H](C(=O)O)[C@@H](C2CC2)C1. The quantitative estimate of drug-likeness (QED) is 0.848. The number of aliphatic carboxylic acids is 1. The van der Waals surface area contributed by atoms with Crippen molar-refractivity contribution in [1.29, 1.82) is 0 Å². The Morgan fingerprint density at radius 2 is 1.81 bits per heavy atom. The molecular formula is C17H27NO3. The summed E-state index contributed by atoms with van der Waals surface area (Å²) in [4.78, 5) is 25.9. The summed E-state index contributed by atoms with van der Waals surface area (Å²) in [5, 5.41) is 9.39. The Kier molecular flexibility index (Phi) is 4.23. The minimum Gasteiger partial charge on any atom is -0.481 e. The highest BCUT2D eigenvalue weighted by Gasteiger charge is 2.47. The fourth-order valence-corrected chi connectivity index (χ4v) is 4.43. The fraction of sp³-hybridized carbons (Fsp3) is 0.882. The van der Waals surface area contributed by atoms with E-state index >= 15 is 0 Å². The van der Waals surface area contributed by atoms with Crippen molar-refractivity contribution in [2.45, 2.75) is 51.9 Å². The van der Waals surface area contributed by atoms with Crippen LogP contribution in [0.25, 0.3) is 0 Å². The molecule has 3 aliphatic rings. The van der Waals surface area contributed by atoms with Crippen molar-refractivity contribution in [2.24, 2.45) is 29.6 Å². The topological polar surface area (TPSA) is 57.6 Å². The van der Waals surface area contributed by atoms with Gasteiger partial charge in [-0.05, 0) is 37.0 Å². The maximum atomic E-state index is 12.6. The molecule has 4 heteroatoms. The molecule has 1 unspecified atom stereocenters. The fourth-order valence-electron chi connectivity index (χ4n) is 4.43. The van der Waals surface area contributed by atoms with Gasteiger partial charge in [-0.15, -0.1) is 0 Å². The number of hydrogen-bond donors (Lipinski definition) is 1. The molecule has 0 bridgehead atoms. The second-order valence-corrected chi connectivity index (χ2v) is 7.48. The summed E-state index contributed by atoms with van der Waals surface area (Å²) in [5.41, 5.74) is 0. The van der Waals surface area contributed by atoms with E-state index in [1.54, 1.807) is 0 Å². The van der Waals surface area contributed by atoms with Crippen LogP contribution in [0.3, 0.4) is 0 Å². The van der Waals surface area contributed by atoms with Gasteiger partial charge in [0.25, 0.3) is 0 Å². The Labute approximate surface area is 126 Å². The molecule has 0 aromatic carbocycles. The molecule has 3 rings (SSSR count). The van der Waals surface area contributed by atoms with E-state index < -0.39 is 5.97 Å². The van der Waals surface area contributed by atoms with Crippen LogP contribution in [0, 0.1) is 29.6 Å². The number of carboxylic acid groups (broad SMARTS) is 1. The number of carbonyl (C=O) groups is 2. The Morgan fingerprint density at radius 1 is 1.14 bits per heavy atom. The molecule has 21 heavy (non-hydrogen) atoms. The van der Waals surface area contributed by atoms with Gasteiger partial charge in [-0.1, -0.05) is 32.6 Å². The van der Waals surface area contributed by atoms with E-state index in [-0.39, 0.29) is 23.7 Å². The van der Waals surface area contributed by atoms with Crippen LogP contribution in [0.1, 0.15) is 51.9 Å². The van der Waals surface area contributed by atoms with Gasteiger partial charge in [-0.3, -0.25) is 9.59 Å². The number of amides is 1. The van der Waals surface area contributed by atoms with Gasteiger partial charge in [0.1, 0.15) is 0 Å². The van der Waals surface area contributed by atoms with Crippen LogP contribution in [-0.4, -0.2) is 35.0 Å². The smallest absolute Gasteiger partial charge is 0.308 e. The molecule has 1 aliphatic heterocycles. The molecule has 0 radical (unpaired) electrons. The van der Waals surface area contributed by atoms with Crippen LogP contribution < -0.4 is 0 Å². The van der Waals surface area contributed by atoms with Crippen molar-refractivity contribution in [2.75, 3.05) is 13.1 Å². The van der Waals surface area contributed by atoms with Crippen molar-refractivity contribution < 1.29 is 14.7 Å². The van der Waals surface area contributed by atoms with Crippen LogP contribution in [0.4, 0.5) is 0 Å². The van der Waals surface area contributed by atoms with Crippen LogP contribution >= 0.6 is 0 Å². The van der Waals surface area contributed by atoms with Crippen LogP contribution in [-0.2, 0) is 9.59 Å². The van der Waals surface area contributed by atoms with Gasteiger partial charge >= 0.3 is 5.97 Å². The first-order chi connectivity index (χ1) is 10.1. The molecule has 4 nitrogen and oxygen atoms in total. The lowest BCUT2D eigenvalue weighted by atomic mass is 9.92. The molecule has 0 aromatic rings. The zero-order chi connectivity index (χ0) is 15.0. The first-order valence-electron chi connectivity index (χ1n) is 8.58. The molecule has 2 saturated carbocycles. The van der Waals surface area contributed by atoms with Gasteiger partial charge in [-0.2, -0.15) is 0 Å². The molecule has 1 saturated heterocycles. The van der Waals surface area contributed by atoms with E-state index in [4.69, 9.17) is 0 Å². The molecule has 0 spiro atoms. The maximum Gasteiger partial charge on any atom is 0.308 e. The summed E-state index contributed by atoms with van der Waals surface area (Å²) in [5.74, 6) is 0.655. The highest BCUT2D eigenvalue weighted by atomic mass is 16.4. The second kappa shape index (κ2) is 5.98. The molecule has 3 fully saturated rings. The number of nitrogens with zero attached hydrogens (tertiary/aromatic N) is 1. The largest absolute Gasteiger partial charge is 0.481 e. The first kappa shape index (κ1) is 14.9. The summed E-state index contributed by atoms with van der Waals surface area (Å²) in [6.07, 6.45) is 8.42. The average molecular weight is 293 g/mol. The van der Waals surface area contributed by atoms with E-state index in [0.29, 0.717) is 24.9 Å². The van der Waals surface area contributed by atoms with E-state index in [1.807, 2.05) is 11.8 Å². The summed E-state index contributed by atoms with van der Waals surface area (Å²) in [6, 6.07) is 0. The highest BCUT2D eigenvalue weighted by molar-refractivity contribution is 5.80. The molecule has 118 valence electrons. The van der Waals surface area contributed by atoms with Crippen molar-refractivity contribution in [3.8, 4) is 0 Å². The Morgan fingerprint density at radius 3 is 2.38 bits per heavy atom. The van der Waals surface area contributed by atoms with Gasteiger partial charge < -0.3 is 10.0 Å². The molecule has 1 heterocycles. The van der Waals surface area contributed by atoms with E-state index in [0.717, 1.165) is 19.3 Å². The second-order valence-electron chi connectivity index (χ2n) is 7.48. The highest BCUT2D eigenvalue weighted by Crippen LogP contribution is 2.44. The average Bonchev–Trinajstić information content (AvgIpc) is 3.00. The summed E-state index contributed by atoms with van der Waals surface area (Å²) in [6.45, 7) is 3.14. The summed E-state index contributed by atoms with van der Waals surface area (Å²) < 4.78 is 0. The predicted molar refractivity (Wildman–Crippen MR) is 79.7 cm³/mol. The van der Waals surface area contributed by atoms with Crippen molar-refractivity contribution in [3.63, 3.8) is 0 Å². The predicted octanol–water partition coefficient (Wildman–Crippen LogP) is 2.77. The molecule has 0 aromatic heterocycles. The van der Waals surface area contributed by atoms with Gasteiger partial charge in [0.05, 0.1) is 5.92 Å². The Bertz CT molecular complexity index is 412. The van der Waals surface area contributed by atoms with Gasteiger partial charge in [0.15, 0.2) is 0 Å². The third-order valence-corrected chi connectivity index (χ3v) is 5.80. The van der Waals surface area contributed by atoms with Crippen LogP contribution in [0.15, 0.2) is 0 Å². The Hall–Kier alpha value is -1.06. The lowest BCUT2D eigenvalue weighted by molar-refractivity contribution is -0.143. The molecular weight excluding hydrogens is 266 g/mol. The molecule has 2 aliphatic carbocycles. The number of carboxylic acids is 1. The molecule has 1 amide bonds. The molecule has 1 N–H and O–H groups in total. The lowest BCUT2D eigenvalue weighted by Gasteiger charge is -2.23. The third kappa shape index (κ3) is 3.24.